The molecule has 3 fully saturated rings. The maximum absolute atomic E-state index is 12.7. The van der Waals surface area contributed by atoms with E-state index in [1.165, 1.54) is 25.7 Å². The first kappa shape index (κ1) is 16.9. The number of aryl methyl sites for hydroxylation is 2. The van der Waals surface area contributed by atoms with Gasteiger partial charge in [0.2, 0.25) is 11.8 Å². The molecular formula is C19H30N4O2. The molecule has 138 valence electrons. The number of nitrogens with zero attached hydrogens (tertiary/aromatic N) is 3. The molecule has 25 heavy (non-hydrogen) atoms. The van der Waals surface area contributed by atoms with Crippen LogP contribution >= 0.6 is 0 Å². The molecular weight excluding hydrogens is 316 g/mol. The van der Waals surface area contributed by atoms with Crippen LogP contribution in [-0.4, -0.2) is 46.8 Å². The number of carbonyl (C=O) groups is 1. The molecule has 4 rings (SSSR count). The van der Waals surface area contributed by atoms with E-state index in [1.54, 1.807) is 11.8 Å². The van der Waals surface area contributed by atoms with Gasteiger partial charge in [0.25, 0.3) is 0 Å². The van der Waals surface area contributed by atoms with E-state index in [-0.39, 0.29) is 11.9 Å². The Bertz CT molecular complexity index is 636. The molecule has 0 bridgehead atoms. The number of carbonyl (C=O) groups excluding carboxylic acids is 1. The van der Waals surface area contributed by atoms with Gasteiger partial charge in [-0.3, -0.25) is 9.69 Å². The third kappa shape index (κ3) is 3.41. The Morgan fingerprint density at radius 1 is 1.28 bits per heavy atom. The van der Waals surface area contributed by atoms with Crippen LogP contribution in [0.25, 0.3) is 0 Å². The SMILES string of the molecule is COc1c([C@@H]2CCCN2CC(=O)NC(C2CC2)C2CC2)c(C)nn1C. The van der Waals surface area contributed by atoms with Crippen LogP contribution in [0.15, 0.2) is 0 Å². The molecule has 2 aliphatic carbocycles. The van der Waals surface area contributed by atoms with Crippen molar-refractivity contribution >= 4 is 5.91 Å². The maximum Gasteiger partial charge on any atom is 0.234 e. The van der Waals surface area contributed by atoms with Crippen LogP contribution < -0.4 is 10.1 Å². The number of methoxy groups -OCH3 is 1. The minimum atomic E-state index is 0.191. The van der Waals surface area contributed by atoms with Crippen molar-refractivity contribution < 1.29 is 9.53 Å². The second kappa shape index (κ2) is 6.63. The molecule has 1 saturated heterocycles. The minimum absolute atomic E-state index is 0.191. The predicted octanol–water partition coefficient (Wildman–Crippen LogP) is 2.18. The fourth-order valence-electron chi connectivity index (χ4n) is 4.57. The Kier molecular flexibility index (Phi) is 4.48. The number of aromatic nitrogens is 2. The highest BCUT2D eigenvalue weighted by Crippen LogP contribution is 2.44. The summed E-state index contributed by atoms with van der Waals surface area (Å²) in [7, 11) is 3.61. The normalized spacial score (nSPS) is 24.1. The molecule has 1 aromatic rings. The fourth-order valence-corrected chi connectivity index (χ4v) is 4.57. The highest BCUT2D eigenvalue weighted by molar-refractivity contribution is 5.78. The minimum Gasteiger partial charge on any atom is -0.481 e. The molecule has 0 aromatic carbocycles. The molecule has 3 aliphatic rings. The molecule has 0 unspecified atom stereocenters. The molecule has 2 saturated carbocycles. The van der Waals surface area contributed by atoms with Crippen LogP contribution in [0.2, 0.25) is 0 Å². The van der Waals surface area contributed by atoms with Crippen molar-refractivity contribution in [2.45, 2.75) is 57.5 Å². The van der Waals surface area contributed by atoms with Gasteiger partial charge < -0.3 is 10.1 Å². The molecule has 1 N–H and O–H groups in total. The summed E-state index contributed by atoms with van der Waals surface area (Å²) >= 11 is 0. The van der Waals surface area contributed by atoms with Gasteiger partial charge in [0.15, 0.2) is 0 Å². The molecule has 0 radical (unpaired) electrons. The zero-order chi connectivity index (χ0) is 17.6. The van der Waals surface area contributed by atoms with Gasteiger partial charge in [-0.25, -0.2) is 4.68 Å². The van der Waals surface area contributed by atoms with E-state index in [0.717, 1.165) is 48.4 Å². The van der Waals surface area contributed by atoms with Crippen LogP contribution in [-0.2, 0) is 11.8 Å². The lowest BCUT2D eigenvalue weighted by molar-refractivity contribution is -0.123. The van der Waals surface area contributed by atoms with Gasteiger partial charge in [-0.1, -0.05) is 0 Å². The Morgan fingerprint density at radius 2 is 1.96 bits per heavy atom. The van der Waals surface area contributed by atoms with Crippen molar-refractivity contribution in [3.8, 4) is 5.88 Å². The number of hydrogen-bond acceptors (Lipinski definition) is 4. The number of amides is 1. The summed E-state index contributed by atoms with van der Waals surface area (Å²) < 4.78 is 7.38. The van der Waals surface area contributed by atoms with Crippen molar-refractivity contribution in [3.05, 3.63) is 11.3 Å². The molecule has 6 heteroatoms. The van der Waals surface area contributed by atoms with Crippen molar-refractivity contribution in [1.82, 2.24) is 20.0 Å². The third-order valence-corrected chi connectivity index (χ3v) is 6.04. The van der Waals surface area contributed by atoms with Crippen molar-refractivity contribution in [1.29, 1.82) is 0 Å². The zero-order valence-electron chi connectivity index (χ0n) is 15.6. The first-order chi connectivity index (χ1) is 12.1. The summed E-state index contributed by atoms with van der Waals surface area (Å²) in [5, 5.41) is 7.87. The average molecular weight is 346 g/mol. The highest BCUT2D eigenvalue weighted by atomic mass is 16.5. The van der Waals surface area contributed by atoms with E-state index in [9.17, 15) is 4.79 Å². The van der Waals surface area contributed by atoms with Gasteiger partial charge in [0.05, 0.1) is 24.9 Å². The quantitative estimate of drug-likeness (QED) is 0.822. The molecule has 2 heterocycles. The van der Waals surface area contributed by atoms with Crippen LogP contribution in [0.1, 0.15) is 55.8 Å². The Hall–Kier alpha value is -1.56. The topological polar surface area (TPSA) is 59.4 Å². The van der Waals surface area contributed by atoms with Gasteiger partial charge in [0, 0.05) is 19.1 Å². The van der Waals surface area contributed by atoms with Gasteiger partial charge in [0.1, 0.15) is 0 Å². The lowest BCUT2D eigenvalue weighted by Gasteiger charge is -2.26. The van der Waals surface area contributed by atoms with Gasteiger partial charge >= 0.3 is 0 Å². The predicted molar refractivity (Wildman–Crippen MR) is 95.4 cm³/mol. The second-order valence-corrected chi connectivity index (χ2v) is 8.03. The van der Waals surface area contributed by atoms with E-state index in [2.05, 4.69) is 15.3 Å². The summed E-state index contributed by atoms with van der Waals surface area (Å²) in [6, 6.07) is 0.665. The standard InChI is InChI=1S/C19H30N4O2/c1-12-17(19(25-3)22(2)21-12)15-5-4-10-23(15)11-16(24)20-18(13-6-7-13)14-8-9-14/h13-15,18H,4-11H2,1-3H3,(H,20,24)/t15-/m0/s1. The smallest absolute Gasteiger partial charge is 0.234 e. The summed E-state index contributed by atoms with van der Waals surface area (Å²) in [6.45, 7) is 3.48. The van der Waals surface area contributed by atoms with Crippen molar-refractivity contribution in [2.75, 3.05) is 20.2 Å². The first-order valence-electron chi connectivity index (χ1n) is 9.69. The van der Waals surface area contributed by atoms with Crippen molar-refractivity contribution in [2.24, 2.45) is 18.9 Å². The van der Waals surface area contributed by atoms with E-state index < -0.39 is 0 Å². The summed E-state index contributed by atoms with van der Waals surface area (Å²) in [5.41, 5.74) is 2.15. The summed E-state index contributed by atoms with van der Waals surface area (Å²) in [6.07, 6.45) is 7.34. The van der Waals surface area contributed by atoms with Gasteiger partial charge in [-0.15, -0.1) is 0 Å². The van der Waals surface area contributed by atoms with E-state index in [1.807, 2.05) is 14.0 Å². The number of ether oxygens (including phenoxy) is 1. The Labute approximate surface area is 149 Å². The second-order valence-electron chi connectivity index (χ2n) is 8.03. The van der Waals surface area contributed by atoms with Crippen molar-refractivity contribution in [3.63, 3.8) is 0 Å². The van der Waals surface area contributed by atoms with E-state index in [0.29, 0.717) is 12.6 Å². The number of nitrogens with one attached hydrogen (secondary N) is 1. The lowest BCUT2D eigenvalue weighted by atomic mass is 10.0. The Balaban J connectivity index is 1.44. The molecule has 0 spiro atoms. The molecule has 1 amide bonds. The van der Waals surface area contributed by atoms with Gasteiger partial charge in [-0.05, 0) is 63.8 Å². The molecule has 6 nitrogen and oxygen atoms in total. The van der Waals surface area contributed by atoms with E-state index >= 15 is 0 Å². The summed E-state index contributed by atoms with van der Waals surface area (Å²) in [5.74, 6) is 2.50. The van der Waals surface area contributed by atoms with Crippen LogP contribution in [0, 0.1) is 18.8 Å². The van der Waals surface area contributed by atoms with Crippen LogP contribution in [0.3, 0.4) is 0 Å². The summed E-state index contributed by atoms with van der Waals surface area (Å²) in [4.78, 5) is 15.0. The Morgan fingerprint density at radius 3 is 2.56 bits per heavy atom. The maximum atomic E-state index is 12.7. The lowest BCUT2D eigenvalue weighted by Crippen LogP contribution is -2.44. The molecule has 1 atom stereocenters. The fraction of sp³-hybridized carbons (Fsp3) is 0.789. The van der Waals surface area contributed by atoms with E-state index in [4.69, 9.17) is 4.74 Å². The van der Waals surface area contributed by atoms with Gasteiger partial charge in [-0.2, -0.15) is 5.10 Å². The highest BCUT2D eigenvalue weighted by Gasteiger charge is 2.42. The number of hydrogen-bond donors (Lipinski definition) is 1. The average Bonchev–Trinajstić information content (AvgIpc) is 3.49. The van der Waals surface area contributed by atoms with Crippen LogP contribution in [0.5, 0.6) is 5.88 Å². The third-order valence-electron chi connectivity index (χ3n) is 6.04. The first-order valence-corrected chi connectivity index (χ1v) is 9.69. The monoisotopic (exact) mass is 346 g/mol. The number of rotatable bonds is 7. The number of likely N-dealkylation sites (tertiary alicyclic amines) is 1. The molecule has 1 aromatic heterocycles. The van der Waals surface area contributed by atoms with Crippen LogP contribution in [0.4, 0.5) is 0 Å². The molecule has 1 aliphatic heterocycles. The largest absolute Gasteiger partial charge is 0.481 e. The zero-order valence-corrected chi connectivity index (χ0v) is 15.6.